The number of hydrogen-bond donors (Lipinski definition) is 0. The van der Waals surface area contributed by atoms with Gasteiger partial charge in [-0.25, -0.2) is 0 Å². The molecule has 0 saturated carbocycles. The summed E-state index contributed by atoms with van der Waals surface area (Å²) in [7, 11) is 0. The zero-order valence-electron chi connectivity index (χ0n) is 7.34. The fourth-order valence-electron chi connectivity index (χ4n) is 1.04. The van der Waals surface area contributed by atoms with Crippen LogP contribution in [-0.2, 0) is 0 Å². The molecule has 0 fully saturated rings. The van der Waals surface area contributed by atoms with E-state index in [1.165, 1.54) is 12.3 Å². The fraction of sp³-hybridized carbons (Fsp3) is 0. The Morgan fingerprint density at radius 1 is 1.36 bits per heavy atom. The van der Waals surface area contributed by atoms with Crippen LogP contribution in [0.25, 0.3) is 6.08 Å². The van der Waals surface area contributed by atoms with Crippen molar-refractivity contribution in [2.45, 2.75) is 0 Å². The van der Waals surface area contributed by atoms with Gasteiger partial charge in [0.25, 0.3) is 0 Å². The van der Waals surface area contributed by atoms with Crippen LogP contribution in [0.2, 0.25) is 0 Å². The monoisotopic (exact) mass is 204 g/mol. The second-order valence-electron chi connectivity index (χ2n) is 2.69. The lowest BCUT2D eigenvalue weighted by atomic mass is 10.2. The molecule has 2 heterocycles. The summed E-state index contributed by atoms with van der Waals surface area (Å²) in [5, 5.41) is 1.97. The lowest BCUT2D eigenvalue weighted by molar-refractivity contribution is 0.102. The van der Waals surface area contributed by atoms with E-state index in [0.717, 1.165) is 4.88 Å². The van der Waals surface area contributed by atoms with Gasteiger partial charge in [-0.2, -0.15) is 0 Å². The summed E-state index contributed by atoms with van der Waals surface area (Å²) in [5.41, 5.74) is 0. The smallest absolute Gasteiger partial charge is 0.221 e. The summed E-state index contributed by atoms with van der Waals surface area (Å²) in [5.74, 6) is 0.265. The normalized spacial score (nSPS) is 10.9. The summed E-state index contributed by atoms with van der Waals surface area (Å²) in [6.45, 7) is 0. The molecule has 0 amide bonds. The molecule has 0 aromatic carbocycles. The van der Waals surface area contributed by atoms with Gasteiger partial charge < -0.3 is 4.42 Å². The van der Waals surface area contributed by atoms with Crippen molar-refractivity contribution in [1.29, 1.82) is 0 Å². The van der Waals surface area contributed by atoms with Crippen LogP contribution in [0.15, 0.2) is 46.4 Å². The van der Waals surface area contributed by atoms with E-state index in [2.05, 4.69) is 0 Å². The topological polar surface area (TPSA) is 30.2 Å². The van der Waals surface area contributed by atoms with Crippen molar-refractivity contribution in [2.75, 3.05) is 0 Å². The van der Waals surface area contributed by atoms with E-state index in [-0.39, 0.29) is 5.78 Å². The molecule has 0 N–H and O–H groups in total. The molecule has 0 aliphatic carbocycles. The molecule has 0 atom stereocenters. The summed E-state index contributed by atoms with van der Waals surface area (Å²) in [6, 6.07) is 7.26. The summed E-state index contributed by atoms with van der Waals surface area (Å²) in [6.07, 6.45) is 4.80. The molecule has 0 unspecified atom stereocenters. The fourth-order valence-corrected chi connectivity index (χ4v) is 1.66. The molecule has 0 saturated heterocycles. The van der Waals surface area contributed by atoms with Crippen molar-refractivity contribution >= 4 is 23.2 Å². The Bertz CT molecular complexity index is 424. The molecule has 2 aromatic heterocycles. The third-order valence-electron chi connectivity index (χ3n) is 1.71. The molecule has 0 radical (unpaired) electrons. The van der Waals surface area contributed by atoms with Gasteiger partial charge in [0.05, 0.1) is 6.26 Å². The Morgan fingerprint density at radius 2 is 2.29 bits per heavy atom. The molecule has 2 aromatic rings. The number of carbonyl (C=O) groups is 1. The van der Waals surface area contributed by atoms with Crippen LogP contribution in [0.5, 0.6) is 0 Å². The van der Waals surface area contributed by atoms with Crippen LogP contribution < -0.4 is 0 Å². The molecule has 0 spiro atoms. The van der Waals surface area contributed by atoms with E-state index in [1.807, 2.05) is 17.5 Å². The summed E-state index contributed by atoms with van der Waals surface area (Å²) >= 11 is 1.59. The molecule has 70 valence electrons. The van der Waals surface area contributed by atoms with Crippen molar-refractivity contribution in [3.8, 4) is 0 Å². The second-order valence-corrected chi connectivity index (χ2v) is 3.67. The number of allylic oxidation sites excluding steroid dienone is 1. The number of rotatable bonds is 3. The van der Waals surface area contributed by atoms with Crippen LogP contribution >= 0.6 is 11.3 Å². The highest BCUT2D eigenvalue weighted by Crippen LogP contribution is 2.11. The predicted octanol–water partition coefficient (Wildman–Crippen LogP) is 3.24. The Hall–Kier alpha value is -1.61. The molecule has 0 aliphatic rings. The van der Waals surface area contributed by atoms with Crippen LogP contribution in [0.3, 0.4) is 0 Å². The van der Waals surface area contributed by atoms with E-state index in [1.54, 1.807) is 29.5 Å². The third-order valence-corrected chi connectivity index (χ3v) is 2.54. The molecule has 2 nitrogen and oxygen atoms in total. The quantitative estimate of drug-likeness (QED) is 0.567. The minimum atomic E-state index is -0.108. The minimum absolute atomic E-state index is 0.108. The molecular formula is C11H8O2S. The van der Waals surface area contributed by atoms with E-state index < -0.39 is 0 Å². The largest absolute Gasteiger partial charge is 0.461 e. The van der Waals surface area contributed by atoms with Gasteiger partial charge in [0.1, 0.15) is 0 Å². The molecule has 3 heteroatoms. The standard InChI is InChI=1S/C11H8O2S/c12-10(11-4-1-7-13-11)6-5-9-3-2-8-14-9/h1-8H. The predicted molar refractivity (Wildman–Crippen MR) is 56.4 cm³/mol. The number of carbonyl (C=O) groups excluding carboxylic acids is 1. The van der Waals surface area contributed by atoms with Gasteiger partial charge in [-0.3, -0.25) is 4.79 Å². The van der Waals surface area contributed by atoms with Crippen molar-refractivity contribution in [2.24, 2.45) is 0 Å². The average molecular weight is 204 g/mol. The maximum absolute atomic E-state index is 11.4. The van der Waals surface area contributed by atoms with Gasteiger partial charge >= 0.3 is 0 Å². The summed E-state index contributed by atoms with van der Waals surface area (Å²) in [4.78, 5) is 12.5. The molecule has 14 heavy (non-hydrogen) atoms. The Kier molecular flexibility index (Phi) is 2.60. The zero-order chi connectivity index (χ0) is 9.80. The van der Waals surface area contributed by atoms with Crippen LogP contribution in [0, 0.1) is 0 Å². The molecular weight excluding hydrogens is 196 g/mol. The Morgan fingerprint density at radius 3 is 2.93 bits per heavy atom. The second kappa shape index (κ2) is 4.07. The van der Waals surface area contributed by atoms with E-state index in [9.17, 15) is 4.79 Å². The average Bonchev–Trinajstić information content (AvgIpc) is 2.87. The number of hydrogen-bond acceptors (Lipinski definition) is 3. The van der Waals surface area contributed by atoms with Crippen molar-refractivity contribution < 1.29 is 9.21 Å². The first-order valence-corrected chi connectivity index (χ1v) is 5.03. The highest BCUT2D eigenvalue weighted by atomic mass is 32.1. The van der Waals surface area contributed by atoms with Gasteiger partial charge in [0, 0.05) is 4.88 Å². The SMILES string of the molecule is O=C(C=Cc1cccs1)c1ccco1. The van der Waals surface area contributed by atoms with Crippen LogP contribution in [0.1, 0.15) is 15.4 Å². The molecule has 2 rings (SSSR count). The van der Waals surface area contributed by atoms with E-state index in [0.29, 0.717) is 5.76 Å². The van der Waals surface area contributed by atoms with Gasteiger partial charge in [-0.05, 0) is 35.7 Å². The number of ketones is 1. The number of thiophene rings is 1. The first kappa shape index (κ1) is 8.97. The highest BCUT2D eigenvalue weighted by molar-refractivity contribution is 7.10. The van der Waals surface area contributed by atoms with Gasteiger partial charge in [0.15, 0.2) is 5.76 Å². The first-order valence-electron chi connectivity index (χ1n) is 4.16. The first-order chi connectivity index (χ1) is 6.86. The van der Waals surface area contributed by atoms with E-state index >= 15 is 0 Å². The Labute approximate surface area is 85.5 Å². The lowest BCUT2D eigenvalue weighted by Crippen LogP contribution is -1.89. The van der Waals surface area contributed by atoms with Gasteiger partial charge in [-0.15, -0.1) is 11.3 Å². The zero-order valence-corrected chi connectivity index (χ0v) is 8.16. The van der Waals surface area contributed by atoms with Crippen molar-refractivity contribution in [3.63, 3.8) is 0 Å². The highest BCUT2D eigenvalue weighted by Gasteiger charge is 2.03. The Balaban J connectivity index is 2.09. The summed E-state index contributed by atoms with van der Waals surface area (Å²) < 4.78 is 4.97. The lowest BCUT2D eigenvalue weighted by Gasteiger charge is -1.86. The minimum Gasteiger partial charge on any atom is -0.461 e. The van der Waals surface area contributed by atoms with Crippen molar-refractivity contribution in [3.05, 3.63) is 52.6 Å². The molecule has 0 bridgehead atoms. The van der Waals surface area contributed by atoms with Crippen LogP contribution in [0.4, 0.5) is 0 Å². The maximum Gasteiger partial charge on any atom is 0.221 e. The van der Waals surface area contributed by atoms with Crippen molar-refractivity contribution in [1.82, 2.24) is 0 Å². The number of furan rings is 1. The third kappa shape index (κ3) is 2.00. The van der Waals surface area contributed by atoms with Gasteiger partial charge in [0.2, 0.25) is 5.78 Å². The maximum atomic E-state index is 11.4. The van der Waals surface area contributed by atoms with Crippen LogP contribution in [-0.4, -0.2) is 5.78 Å². The van der Waals surface area contributed by atoms with Gasteiger partial charge in [-0.1, -0.05) is 6.07 Å². The molecule has 0 aliphatic heterocycles. The van der Waals surface area contributed by atoms with E-state index in [4.69, 9.17) is 4.42 Å².